The molecule has 0 bridgehead atoms. The Morgan fingerprint density at radius 2 is 2.15 bits per heavy atom. The summed E-state index contributed by atoms with van der Waals surface area (Å²) in [5.41, 5.74) is 8.73. The van der Waals surface area contributed by atoms with Crippen molar-refractivity contribution in [2.45, 2.75) is 13.1 Å². The van der Waals surface area contributed by atoms with Crippen LogP contribution >= 0.6 is 15.9 Å². The molecule has 2 aromatic heterocycles. The number of fused-ring (bicyclic) bond motifs is 1. The second-order valence-electron chi connectivity index (χ2n) is 4.61. The number of nitrogens with two attached hydrogens (primary N) is 1. The normalized spacial score (nSPS) is 11.2. The van der Waals surface area contributed by atoms with Crippen molar-refractivity contribution >= 4 is 27.0 Å². The fourth-order valence-corrected chi connectivity index (χ4v) is 2.74. The van der Waals surface area contributed by atoms with Crippen molar-refractivity contribution in [2.24, 2.45) is 5.73 Å². The van der Waals surface area contributed by atoms with Gasteiger partial charge in [-0.1, -0.05) is 6.07 Å². The molecule has 2 N–H and O–H groups in total. The summed E-state index contributed by atoms with van der Waals surface area (Å²) in [5, 5.41) is 1.07. The predicted octanol–water partition coefficient (Wildman–Crippen LogP) is 3.44. The van der Waals surface area contributed by atoms with Crippen molar-refractivity contribution in [3.63, 3.8) is 0 Å². The molecule has 0 unspecified atom stereocenters. The summed E-state index contributed by atoms with van der Waals surface area (Å²) < 4.78 is 15.8. The van der Waals surface area contributed by atoms with Crippen LogP contribution in [0.15, 0.2) is 47.2 Å². The zero-order valence-electron chi connectivity index (χ0n) is 10.7. The second-order valence-corrected chi connectivity index (χ2v) is 5.46. The van der Waals surface area contributed by atoms with E-state index in [-0.39, 0.29) is 5.82 Å². The smallest absolute Gasteiger partial charge is 0.140 e. The summed E-state index contributed by atoms with van der Waals surface area (Å²) in [7, 11) is 0. The van der Waals surface area contributed by atoms with E-state index in [4.69, 9.17) is 5.73 Å². The summed E-state index contributed by atoms with van der Waals surface area (Å²) in [5.74, 6) is -0.258. The average Bonchev–Trinajstić information content (AvgIpc) is 2.81. The van der Waals surface area contributed by atoms with Gasteiger partial charge < -0.3 is 10.3 Å². The molecule has 3 aromatic rings. The number of halogens is 2. The third-order valence-corrected chi connectivity index (χ3v) is 3.88. The van der Waals surface area contributed by atoms with Crippen LogP contribution in [0.5, 0.6) is 0 Å². The maximum Gasteiger partial charge on any atom is 0.140 e. The van der Waals surface area contributed by atoms with Crippen LogP contribution in [0.2, 0.25) is 0 Å². The Bertz CT molecular complexity index is 767. The van der Waals surface area contributed by atoms with Crippen LogP contribution in [0, 0.1) is 5.82 Å². The summed E-state index contributed by atoms with van der Waals surface area (Å²) in [6.07, 6.45) is 3.77. The van der Waals surface area contributed by atoms with E-state index in [2.05, 4.69) is 20.9 Å². The molecule has 2 heterocycles. The SMILES string of the molecule is NCc1cn(Cc2ccc(F)c(Br)c2)c2ncccc12. The highest BCUT2D eigenvalue weighted by Crippen LogP contribution is 2.22. The Hall–Kier alpha value is -1.72. The van der Waals surface area contributed by atoms with Gasteiger partial charge in [-0.05, 0) is 51.3 Å². The Morgan fingerprint density at radius 3 is 2.90 bits per heavy atom. The lowest BCUT2D eigenvalue weighted by molar-refractivity contribution is 0.619. The molecule has 102 valence electrons. The number of hydrogen-bond donors (Lipinski definition) is 1. The van der Waals surface area contributed by atoms with Crippen LogP contribution in [0.3, 0.4) is 0 Å². The molecule has 0 fully saturated rings. The quantitative estimate of drug-likeness (QED) is 0.797. The van der Waals surface area contributed by atoms with Gasteiger partial charge in [-0.15, -0.1) is 0 Å². The van der Waals surface area contributed by atoms with Gasteiger partial charge in [0.15, 0.2) is 0 Å². The Kier molecular flexibility index (Phi) is 3.54. The van der Waals surface area contributed by atoms with Crippen LogP contribution in [0.25, 0.3) is 11.0 Å². The third-order valence-electron chi connectivity index (χ3n) is 3.27. The number of hydrogen-bond acceptors (Lipinski definition) is 2. The molecule has 0 saturated heterocycles. The molecule has 20 heavy (non-hydrogen) atoms. The van der Waals surface area contributed by atoms with Gasteiger partial charge in [-0.2, -0.15) is 0 Å². The second kappa shape index (κ2) is 5.34. The van der Waals surface area contributed by atoms with Crippen LogP contribution in [-0.4, -0.2) is 9.55 Å². The lowest BCUT2D eigenvalue weighted by atomic mass is 10.2. The predicted molar refractivity (Wildman–Crippen MR) is 80.8 cm³/mol. The van der Waals surface area contributed by atoms with Gasteiger partial charge in [0.1, 0.15) is 11.5 Å². The van der Waals surface area contributed by atoms with E-state index >= 15 is 0 Å². The molecule has 1 aromatic carbocycles. The zero-order chi connectivity index (χ0) is 14.1. The monoisotopic (exact) mass is 333 g/mol. The topological polar surface area (TPSA) is 43.8 Å². The van der Waals surface area contributed by atoms with Gasteiger partial charge in [-0.3, -0.25) is 0 Å². The minimum Gasteiger partial charge on any atom is -0.328 e. The van der Waals surface area contributed by atoms with Gasteiger partial charge in [-0.25, -0.2) is 9.37 Å². The lowest BCUT2D eigenvalue weighted by Gasteiger charge is -2.06. The van der Waals surface area contributed by atoms with Crippen molar-refractivity contribution in [1.29, 1.82) is 0 Å². The Balaban J connectivity index is 2.04. The molecule has 3 nitrogen and oxygen atoms in total. The van der Waals surface area contributed by atoms with Gasteiger partial charge >= 0.3 is 0 Å². The average molecular weight is 334 g/mol. The molecular formula is C15H13BrFN3. The van der Waals surface area contributed by atoms with Crippen molar-refractivity contribution in [3.05, 3.63) is 64.1 Å². The van der Waals surface area contributed by atoms with E-state index in [1.807, 2.05) is 22.9 Å². The molecule has 0 saturated carbocycles. The standard InChI is InChI=1S/C15H13BrFN3/c16-13-6-10(3-4-14(13)17)8-20-9-11(7-18)12-2-1-5-19-15(12)20/h1-6,9H,7-8,18H2. The third kappa shape index (κ3) is 2.34. The number of rotatable bonds is 3. The maximum absolute atomic E-state index is 13.3. The van der Waals surface area contributed by atoms with E-state index in [1.54, 1.807) is 18.3 Å². The number of aromatic nitrogens is 2. The molecule has 0 aliphatic carbocycles. The first-order valence-corrected chi connectivity index (χ1v) is 7.05. The molecule has 0 spiro atoms. The molecule has 3 rings (SSSR count). The first-order chi connectivity index (χ1) is 9.69. The van der Waals surface area contributed by atoms with Crippen molar-refractivity contribution < 1.29 is 4.39 Å². The number of benzene rings is 1. The van der Waals surface area contributed by atoms with Crippen LogP contribution < -0.4 is 5.73 Å². The Labute approximate surface area is 124 Å². The summed E-state index contributed by atoms with van der Waals surface area (Å²) in [6, 6.07) is 8.94. The van der Waals surface area contributed by atoms with E-state index in [1.165, 1.54) is 6.07 Å². The van der Waals surface area contributed by atoms with Gasteiger partial charge in [0.25, 0.3) is 0 Å². The minimum absolute atomic E-state index is 0.258. The minimum atomic E-state index is -0.258. The molecule has 0 atom stereocenters. The highest BCUT2D eigenvalue weighted by molar-refractivity contribution is 9.10. The van der Waals surface area contributed by atoms with Crippen LogP contribution in [-0.2, 0) is 13.1 Å². The van der Waals surface area contributed by atoms with E-state index in [0.717, 1.165) is 22.2 Å². The fourth-order valence-electron chi connectivity index (χ4n) is 2.31. The molecular weight excluding hydrogens is 321 g/mol. The Morgan fingerprint density at radius 1 is 1.30 bits per heavy atom. The summed E-state index contributed by atoms with van der Waals surface area (Å²) >= 11 is 3.21. The molecule has 0 radical (unpaired) electrons. The highest BCUT2D eigenvalue weighted by atomic mass is 79.9. The summed E-state index contributed by atoms with van der Waals surface area (Å²) in [6.45, 7) is 1.11. The van der Waals surface area contributed by atoms with E-state index in [0.29, 0.717) is 17.6 Å². The zero-order valence-corrected chi connectivity index (χ0v) is 12.3. The highest BCUT2D eigenvalue weighted by Gasteiger charge is 2.09. The van der Waals surface area contributed by atoms with Gasteiger partial charge in [0, 0.05) is 30.9 Å². The number of pyridine rings is 1. The van der Waals surface area contributed by atoms with Crippen molar-refractivity contribution in [1.82, 2.24) is 9.55 Å². The maximum atomic E-state index is 13.3. The molecule has 0 aliphatic rings. The van der Waals surface area contributed by atoms with E-state index < -0.39 is 0 Å². The lowest BCUT2D eigenvalue weighted by Crippen LogP contribution is -2.00. The molecule has 5 heteroatoms. The van der Waals surface area contributed by atoms with Crippen molar-refractivity contribution in [3.8, 4) is 0 Å². The van der Waals surface area contributed by atoms with Gasteiger partial charge in [0.05, 0.1) is 4.47 Å². The largest absolute Gasteiger partial charge is 0.328 e. The number of nitrogens with zero attached hydrogens (tertiary/aromatic N) is 2. The molecule has 0 aliphatic heterocycles. The molecule has 0 amide bonds. The first kappa shape index (κ1) is 13.3. The summed E-state index contributed by atoms with van der Waals surface area (Å²) in [4.78, 5) is 4.41. The van der Waals surface area contributed by atoms with Crippen LogP contribution in [0.1, 0.15) is 11.1 Å². The van der Waals surface area contributed by atoms with Crippen molar-refractivity contribution in [2.75, 3.05) is 0 Å². The van der Waals surface area contributed by atoms with E-state index in [9.17, 15) is 4.39 Å². The first-order valence-electron chi connectivity index (χ1n) is 6.26. The van der Waals surface area contributed by atoms with Gasteiger partial charge in [0.2, 0.25) is 0 Å². The fraction of sp³-hybridized carbons (Fsp3) is 0.133. The van der Waals surface area contributed by atoms with Crippen LogP contribution in [0.4, 0.5) is 4.39 Å².